The van der Waals surface area contributed by atoms with Crippen molar-refractivity contribution >= 4 is 17.9 Å². The molecule has 9 heteroatoms. The molecule has 0 aliphatic carbocycles. The van der Waals surface area contributed by atoms with E-state index in [1.165, 1.54) is 7.11 Å². The highest BCUT2D eigenvalue weighted by molar-refractivity contribution is 6.02. The Morgan fingerprint density at radius 1 is 1.12 bits per heavy atom. The second-order valence-electron chi connectivity index (χ2n) is 6.95. The zero-order chi connectivity index (χ0) is 23.6. The Hall–Kier alpha value is -4.24. The number of carbonyl (C=O) groups excluding carboxylic acids is 2. The SMILES string of the molecule is COc1ccc(CNCCc2ncc(-c3ccccc3)[nH]2)cc1C(=O)OC(=O)/C=C\C(=O)O. The average molecular weight is 449 g/mol. The summed E-state index contributed by atoms with van der Waals surface area (Å²) in [6.07, 6.45) is 3.74. The van der Waals surface area contributed by atoms with E-state index in [-0.39, 0.29) is 11.3 Å². The van der Waals surface area contributed by atoms with Gasteiger partial charge in [0.15, 0.2) is 0 Å². The highest BCUT2D eigenvalue weighted by Gasteiger charge is 2.17. The molecule has 1 heterocycles. The number of methoxy groups -OCH3 is 1. The predicted molar refractivity (Wildman–Crippen MR) is 120 cm³/mol. The van der Waals surface area contributed by atoms with Crippen molar-refractivity contribution in [2.75, 3.05) is 13.7 Å². The first-order valence-electron chi connectivity index (χ1n) is 10.1. The van der Waals surface area contributed by atoms with Crippen molar-refractivity contribution in [1.82, 2.24) is 15.3 Å². The molecule has 0 radical (unpaired) electrons. The summed E-state index contributed by atoms with van der Waals surface area (Å²) in [5.41, 5.74) is 2.86. The zero-order valence-corrected chi connectivity index (χ0v) is 17.9. The second kappa shape index (κ2) is 11.4. The minimum absolute atomic E-state index is 0.0624. The van der Waals surface area contributed by atoms with Crippen molar-refractivity contribution in [3.8, 4) is 17.0 Å². The number of aromatic amines is 1. The Balaban J connectivity index is 1.55. The van der Waals surface area contributed by atoms with Crippen LogP contribution in [0.2, 0.25) is 0 Å². The third-order valence-corrected chi connectivity index (χ3v) is 4.62. The molecule has 0 atom stereocenters. The first kappa shape index (κ1) is 23.4. The zero-order valence-electron chi connectivity index (χ0n) is 17.9. The number of nitrogens with zero attached hydrogens (tertiary/aromatic N) is 1. The van der Waals surface area contributed by atoms with Gasteiger partial charge in [-0.25, -0.2) is 19.4 Å². The van der Waals surface area contributed by atoms with E-state index >= 15 is 0 Å². The fourth-order valence-electron chi connectivity index (χ4n) is 3.04. The number of carbonyl (C=O) groups is 3. The monoisotopic (exact) mass is 449 g/mol. The van der Waals surface area contributed by atoms with E-state index in [1.807, 2.05) is 30.3 Å². The Labute approximate surface area is 190 Å². The molecule has 170 valence electrons. The number of H-pyrrole nitrogens is 1. The van der Waals surface area contributed by atoms with Gasteiger partial charge in [0.1, 0.15) is 17.1 Å². The number of carboxylic acid groups (broad SMARTS) is 1. The Morgan fingerprint density at radius 2 is 1.91 bits per heavy atom. The predicted octanol–water partition coefficient (Wildman–Crippen LogP) is 2.74. The van der Waals surface area contributed by atoms with Gasteiger partial charge in [0, 0.05) is 31.7 Å². The Bertz CT molecular complexity index is 1150. The molecule has 0 aliphatic heterocycles. The van der Waals surface area contributed by atoms with E-state index in [0.29, 0.717) is 31.7 Å². The number of hydrogen-bond acceptors (Lipinski definition) is 7. The van der Waals surface area contributed by atoms with Crippen LogP contribution >= 0.6 is 0 Å². The lowest BCUT2D eigenvalue weighted by Crippen LogP contribution is -2.18. The van der Waals surface area contributed by atoms with Gasteiger partial charge in [-0.1, -0.05) is 36.4 Å². The maximum Gasteiger partial charge on any atom is 0.349 e. The van der Waals surface area contributed by atoms with E-state index in [2.05, 4.69) is 20.0 Å². The van der Waals surface area contributed by atoms with Gasteiger partial charge in [-0.2, -0.15) is 0 Å². The van der Waals surface area contributed by atoms with Crippen LogP contribution in [0.1, 0.15) is 21.7 Å². The van der Waals surface area contributed by atoms with Gasteiger partial charge < -0.3 is 24.9 Å². The number of carboxylic acids is 1. The minimum atomic E-state index is -1.32. The van der Waals surface area contributed by atoms with Crippen LogP contribution in [0.5, 0.6) is 5.75 Å². The average Bonchev–Trinajstić information content (AvgIpc) is 3.30. The third kappa shape index (κ3) is 6.88. The lowest BCUT2D eigenvalue weighted by molar-refractivity contribution is -0.134. The third-order valence-electron chi connectivity index (χ3n) is 4.62. The number of hydrogen-bond donors (Lipinski definition) is 3. The van der Waals surface area contributed by atoms with E-state index in [9.17, 15) is 14.4 Å². The highest BCUT2D eigenvalue weighted by Crippen LogP contribution is 2.21. The molecule has 3 N–H and O–H groups in total. The van der Waals surface area contributed by atoms with Crippen LogP contribution in [-0.2, 0) is 27.3 Å². The normalized spacial score (nSPS) is 10.8. The molecule has 0 spiro atoms. The van der Waals surface area contributed by atoms with Crippen LogP contribution in [0.3, 0.4) is 0 Å². The Kier molecular flexibility index (Phi) is 8.09. The van der Waals surface area contributed by atoms with Gasteiger partial charge in [0.25, 0.3) is 0 Å². The molecule has 0 amide bonds. The first-order valence-corrected chi connectivity index (χ1v) is 10.1. The quantitative estimate of drug-likeness (QED) is 0.186. The summed E-state index contributed by atoms with van der Waals surface area (Å²) in [5, 5.41) is 11.8. The summed E-state index contributed by atoms with van der Waals surface area (Å²) in [6.45, 7) is 1.11. The second-order valence-corrected chi connectivity index (χ2v) is 6.95. The van der Waals surface area contributed by atoms with E-state index in [0.717, 1.165) is 22.6 Å². The molecule has 2 aromatic carbocycles. The lowest BCUT2D eigenvalue weighted by Gasteiger charge is -2.10. The van der Waals surface area contributed by atoms with Gasteiger partial charge in [0.2, 0.25) is 0 Å². The summed E-state index contributed by atoms with van der Waals surface area (Å²) < 4.78 is 9.83. The number of imidazole rings is 1. The molecule has 3 aromatic rings. The lowest BCUT2D eigenvalue weighted by atomic mass is 10.1. The molecular weight excluding hydrogens is 426 g/mol. The summed E-state index contributed by atoms with van der Waals surface area (Å²) in [7, 11) is 1.39. The van der Waals surface area contributed by atoms with Crippen LogP contribution in [-0.4, -0.2) is 46.6 Å². The van der Waals surface area contributed by atoms with Gasteiger partial charge in [0.05, 0.1) is 19.0 Å². The van der Waals surface area contributed by atoms with Gasteiger partial charge >= 0.3 is 17.9 Å². The van der Waals surface area contributed by atoms with Crippen molar-refractivity contribution in [2.24, 2.45) is 0 Å². The van der Waals surface area contributed by atoms with Crippen LogP contribution in [0, 0.1) is 0 Å². The molecular formula is C24H23N3O6. The molecule has 0 bridgehead atoms. The van der Waals surface area contributed by atoms with Crippen molar-refractivity contribution in [1.29, 1.82) is 0 Å². The molecule has 3 rings (SSSR count). The van der Waals surface area contributed by atoms with E-state index < -0.39 is 17.9 Å². The topological polar surface area (TPSA) is 131 Å². The number of ether oxygens (including phenoxy) is 2. The van der Waals surface area contributed by atoms with Crippen molar-refractivity contribution in [3.63, 3.8) is 0 Å². The van der Waals surface area contributed by atoms with Crippen molar-refractivity contribution in [3.05, 3.63) is 83.8 Å². The molecule has 0 saturated carbocycles. The van der Waals surface area contributed by atoms with Crippen LogP contribution in [0.4, 0.5) is 0 Å². The fraction of sp³-hybridized carbons (Fsp3) is 0.167. The summed E-state index contributed by atoms with van der Waals surface area (Å²) in [4.78, 5) is 42.1. The van der Waals surface area contributed by atoms with Crippen LogP contribution in [0.15, 0.2) is 66.9 Å². The highest BCUT2D eigenvalue weighted by atomic mass is 16.6. The molecule has 0 unspecified atom stereocenters. The minimum Gasteiger partial charge on any atom is -0.496 e. The van der Waals surface area contributed by atoms with E-state index in [4.69, 9.17) is 9.84 Å². The van der Waals surface area contributed by atoms with Gasteiger partial charge in [-0.3, -0.25) is 0 Å². The molecule has 9 nitrogen and oxygen atoms in total. The Morgan fingerprint density at radius 3 is 2.64 bits per heavy atom. The number of esters is 2. The maximum atomic E-state index is 12.3. The number of rotatable bonds is 10. The molecule has 0 aliphatic rings. The summed E-state index contributed by atoms with van der Waals surface area (Å²) in [6, 6.07) is 14.9. The molecule has 33 heavy (non-hydrogen) atoms. The standard InChI is InChI=1S/C24H23N3O6/c1-32-20-8-7-16(13-18(20)24(31)33-23(30)10-9-22(28)29)14-25-12-11-21-26-15-19(27-21)17-5-3-2-4-6-17/h2-10,13,15,25H,11-12,14H2,1H3,(H,26,27)(H,28,29)/b10-9-. The largest absolute Gasteiger partial charge is 0.496 e. The van der Waals surface area contributed by atoms with Gasteiger partial charge in [-0.05, 0) is 23.3 Å². The number of aromatic nitrogens is 2. The number of aliphatic carboxylic acids is 1. The maximum absolute atomic E-state index is 12.3. The number of benzene rings is 2. The smallest absolute Gasteiger partial charge is 0.349 e. The van der Waals surface area contributed by atoms with Crippen LogP contribution < -0.4 is 10.1 Å². The molecule has 0 fully saturated rings. The van der Waals surface area contributed by atoms with Crippen LogP contribution in [0.25, 0.3) is 11.3 Å². The first-order chi connectivity index (χ1) is 16.0. The summed E-state index contributed by atoms with van der Waals surface area (Å²) in [5.74, 6) is -2.24. The molecule has 0 saturated heterocycles. The van der Waals surface area contributed by atoms with Gasteiger partial charge in [-0.15, -0.1) is 0 Å². The van der Waals surface area contributed by atoms with Crippen molar-refractivity contribution in [2.45, 2.75) is 13.0 Å². The fourth-order valence-corrected chi connectivity index (χ4v) is 3.04. The molecule has 1 aromatic heterocycles. The number of nitrogens with one attached hydrogen (secondary N) is 2. The van der Waals surface area contributed by atoms with E-state index in [1.54, 1.807) is 24.4 Å². The van der Waals surface area contributed by atoms with Crippen molar-refractivity contribution < 1.29 is 29.0 Å². The summed E-state index contributed by atoms with van der Waals surface area (Å²) >= 11 is 0.